The molecule has 0 aliphatic rings. The minimum absolute atomic E-state index is 0.261. The maximum atomic E-state index is 13.0. The molecule has 1 N–H and O–H groups in total. The first-order chi connectivity index (χ1) is 8.60. The fourth-order valence-electron chi connectivity index (χ4n) is 1.62. The Kier molecular flexibility index (Phi) is 3.99. The second kappa shape index (κ2) is 5.50. The van der Waals surface area contributed by atoms with Crippen molar-refractivity contribution < 1.29 is 14.2 Å². The summed E-state index contributed by atoms with van der Waals surface area (Å²) < 4.78 is 19.7. The van der Waals surface area contributed by atoms with Crippen LogP contribution in [-0.4, -0.2) is 5.11 Å². The van der Waals surface area contributed by atoms with E-state index in [1.54, 1.807) is 0 Å². The van der Waals surface area contributed by atoms with Crippen molar-refractivity contribution in [3.63, 3.8) is 0 Å². The van der Waals surface area contributed by atoms with Gasteiger partial charge in [-0.3, -0.25) is 0 Å². The van der Waals surface area contributed by atoms with E-state index >= 15 is 0 Å². The summed E-state index contributed by atoms with van der Waals surface area (Å²) in [6.45, 7) is 1.66. The molecule has 0 heterocycles. The molecule has 2 rings (SSSR count). The molecule has 0 spiro atoms. The maximum absolute atomic E-state index is 13.0. The van der Waals surface area contributed by atoms with E-state index in [0.717, 1.165) is 10.0 Å². The van der Waals surface area contributed by atoms with Gasteiger partial charge in [0.25, 0.3) is 0 Å². The van der Waals surface area contributed by atoms with Crippen molar-refractivity contribution in [3.8, 4) is 11.5 Å². The van der Waals surface area contributed by atoms with Crippen molar-refractivity contribution in [2.45, 2.75) is 13.5 Å². The third-order valence-corrected chi connectivity index (χ3v) is 3.04. The van der Waals surface area contributed by atoms with Crippen LogP contribution < -0.4 is 4.74 Å². The standard InChI is InChI=1S/C14H12BrFO2/c1-9-6-11(15)2-4-13(9)18-14-5-3-12(16)7-10(14)8-17/h2-7,17H,8H2,1H3. The molecule has 2 aromatic carbocycles. The molecule has 4 heteroatoms. The van der Waals surface area contributed by atoms with Gasteiger partial charge in [-0.15, -0.1) is 0 Å². The molecular formula is C14H12BrFO2. The molecule has 0 amide bonds. The lowest BCUT2D eigenvalue weighted by molar-refractivity contribution is 0.275. The zero-order chi connectivity index (χ0) is 13.1. The van der Waals surface area contributed by atoms with Gasteiger partial charge in [-0.1, -0.05) is 15.9 Å². The van der Waals surface area contributed by atoms with Crippen LogP contribution in [0.25, 0.3) is 0 Å². The molecule has 0 fully saturated rings. The van der Waals surface area contributed by atoms with Gasteiger partial charge < -0.3 is 9.84 Å². The number of aliphatic hydroxyl groups excluding tert-OH is 1. The van der Waals surface area contributed by atoms with Gasteiger partial charge in [0.1, 0.15) is 17.3 Å². The topological polar surface area (TPSA) is 29.5 Å². The maximum Gasteiger partial charge on any atom is 0.133 e. The second-order valence-electron chi connectivity index (χ2n) is 3.92. The Bertz CT molecular complexity index is 570. The first-order valence-electron chi connectivity index (χ1n) is 5.43. The van der Waals surface area contributed by atoms with E-state index in [9.17, 15) is 9.50 Å². The van der Waals surface area contributed by atoms with Crippen molar-refractivity contribution in [3.05, 3.63) is 57.8 Å². The summed E-state index contributed by atoms with van der Waals surface area (Å²) in [6.07, 6.45) is 0. The molecule has 0 aromatic heterocycles. The van der Waals surface area contributed by atoms with Gasteiger partial charge in [0, 0.05) is 10.0 Å². The van der Waals surface area contributed by atoms with Crippen LogP contribution in [0.3, 0.4) is 0 Å². The average Bonchev–Trinajstić information content (AvgIpc) is 2.34. The van der Waals surface area contributed by atoms with Crippen molar-refractivity contribution in [2.75, 3.05) is 0 Å². The largest absolute Gasteiger partial charge is 0.457 e. The number of halogens is 2. The highest BCUT2D eigenvalue weighted by atomic mass is 79.9. The van der Waals surface area contributed by atoms with E-state index in [4.69, 9.17) is 4.74 Å². The van der Waals surface area contributed by atoms with Crippen LogP contribution in [0.2, 0.25) is 0 Å². The number of benzene rings is 2. The summed E-state index contributed by atoms with van der Waals surface area (Å²) in [7, 11) is 0. The molecule has 2 nitrogen and oxygen atoms in total. The molecule has 0 bridgehead atoms. The predicted octanol–water partition coefficient (Wildman–Crippen LogP) is 4.18. The summed E-state index contributed by atoms with van der Waals surface area (Å²) in [5.41, 5.74) is 1.38. The van der Waals surface area contributed by atoms with Crippen molar-refractivity contribution >= 4 is 15.9 Å². The van der Waals surface area contributed by atoms with Gasteiger partial charge in [-0.2, -0.15) is 0 Å². The number of hydrogen-bond acceptors (Lipinski definition) is 2. The van der Waals surface area contributed by atoms with Crippen LogP contribution in [-0.2, 0) is 6.61 Å². The Morgan fingerprint density at radius 1 is 1.17 bits per heavy atom. The van der Waals surface area contributed by atoms with Gasteiger partial charge >= 0.3 is 0 Å². The van der Waals surface area contributed by atoms with Crippen LogP contribution in [0.4, 0.5) is 4.39 Å². The number of aliphatic hydroxyl groups is 1. The highest BCUT2D eigenvalue weighted by molar-refractivity contribution is 9.10. The van der Waals surface area contributed by atoms with Gasteiger partial charge in [0.2, 0.25) is 0 Å². The molecule has 0 aliphatic heterocycles. The fraction of sp³-hybridized carbons (Fsp3) is 0.143. The number of ether oxygens (including phenoxy) is 1. The summed E-state index contributed by atoms with van der Waals surface area (Å²) in [6, 6.07) is 9.71. The quantitative estimate of drug-likeness (QED) is 0.921. The number of aryl methyl sites for hydroxylation is 1. The smallest absolute Gasteiger partial charge is 0.133 e. The minimum Gasteiger partial charge on any atom is -0.457 e. The van der Waals surface area contributed by atoms with Gasteiger partial charge in [-0.05, 0) is 48.9 Å². The third-order valence-electron chi connectivity index (χ3n) is 2.55. The van der Waals surface area contributed by atoms with E-state index < -0.39 is 0 Å². The molecular weight excluding hydrogens is 299 g/mol. The van der Waals surface area contributed by atoms with Crippen LogP contribution in [0.5, 0.6) is 11.5 Å². The molecule has 2 aromatic rings. The van der Waals surface area contributed by atoms with Crippen molar-refractivity contribution in [1.82, 2.24) is 0 Å². The Balaban J connectivity index is 2.33. The van der Waals surface area contributed by atoms with Crippen LogP contribution in [0, 0.1) is 12.7 Å². The summed E-state index contributed by atoms with van der Waals surface area (Å²) in [5, 5.41) is 9.18. The van der Waals surface area contributed by atoms with E-state index in [-0.39, 0.29) is 12.4 Å². The lowest BCUT2D eigenvalue weighted by Crippen LogP contribution is -1.94. The number of rotatable bonds is 3. The first kappa shape index (κ1) is 13.1. The lowest BCUT2D eigenvalue weighted by atomic mass is 10.2. The van der Waals surface area contributed by atoms with E-state index in [1.807, 2.05) is 25.1 Å². The van der Waals surface area contributed by atoms with Crippen LogP contribution in [0.15, 0.2) is 40.9 Å². The fourth-order valence-corrected chi connectivity index (χ4v) is 2.09. The van der Waals surface area contributed by atoms with E-state index in [1.165, 1.54) is 18.2 Å². The summed E-state index contributed by atoms with van der Waals surface area (Å²) in [5.74, 6) is 0.753. The molecule has 0 saturated heterocycles. The number of hydrogen-bond donors (Lipinski definition) is 1. The van der Waals surface area contributed by atoms with Gasteiger partial charge in [0.15, 0.2) is 0 Å². The molecule has 0 aliphatic carbocycles. The van der Waals surface area contributed by atoms with E-state index in [2.05, 4.69) is 15.9 Å². The molecule has 0 atom stereocenters. The highest BCUT2D eigenvalue weighted by Gasteiger charge is 2.07. The minimum atomic E-state index is -0.390. The van der Waals surface area contributed by atoms with Crippen molar-refractivity contribution in [1.29, 1.82) is 0 Å². The first-order valence-corrected chi connectivity index (χ1v) is 6.23. The zero-order valence-electron chi connectivity index (χ0n) is 9.78. The highest BCUT2D eigenvalue weighted by Crippen LogP contribution is 2.30. The SMILES string of the molecule is Cc1cc(Br)ccc1Oc1ccc(F)cc1CO. The molecule has 0 saturated carbocycles. The Hall–Kier alpha value is -1.39. The van der Waals surface area contributed by atoms with E-state index in [0.29, 0.717) is 17.1 Å². The lowest BCUT2D eigenvalue weighted by Gasteiger charge is -2.12. The summed E-state index contributed by atoms with van der Waals surface area (Å²) in [4.78, 5) is 0. The Morgan fingerprint density at radius 3 is 2.56 bits per heavy atom. The molecule has 94 valence electrons. The summed E-state index contributed by atoms with van der Waals surface area (Å²) >= 11 is 3.37. The molecule has 0 radical (unpaired) electrons. The second-order valence-corrected chi connectivity index (χ2v) is 4.84. The zero-order valence-corrected chi connectivity index (χ0v) is 11.4. The monoisotopic (exact) mass is 310 g/mol. The predicted molar refractivity (Wildman–Crippen MR) is 71.3 cm³/mol. The normalized spacial score (nSPS) is 10.4. The molecule has 18 heavy (non-hydrogen) atoms. The average molecular weight is 311 g/mol. The van der Waals surface area contributed by atoms with Gasteiger partial charge in [0.05, 0.1) is 6.61 Å². The Morgan fingerprint density at radius 2 is 1.89 bits per heavy atom. The van der Waals surface area contributed by atoms with Gasteiger partial charge in [-0.25, -0.2) is 4.39 Å². The van der Waals surface area contributed by atoms with Crippen LogP contribution in [0.1, 0.15) is 11.1 Å². The van der Waals surface area contributed by atoms with Crippen LogP contribution >= 0.6 is 15.9 Å². The Labute approximate surface area is 113 Å². The van der Waals surface area contributed by atoms with Crippen molar-refractivity contribution in [2.24, 2.45) is 0 Å². The third kappa shape index (κ3) is 2.89. The molecule has 0 unspecified atom stereocenters.